The lowest BCUT2D eigenvalue weighted by Gasteiger charge is -2.09. The van der Waals surface area contributed by atoms with E-state index in [1.165, 1.54) is 0 Å². The maximum absolute atomic E-state index is 13.7. The highest BCUT2D eigenvalue weighted by Gasteiger charge is 2.12. The quantitative estimate of drug-likeness (QED) is 0.844. The lowest BCUT2D eigenvalue weighted by molar-refractivity contribution is 0.391. The number of nitrogens with zero attached hydrogens (tertiary/aromatic N) is 1. The summed E-state index contributed by atoms with van der Waals surface area (Å²) in [6.07, 6.45) is 0. The molecule has 1 aromatic heterocycles. The third kappa shape index (κ3) is 3.05. The Morgan fingerprint density at radius 2 is 2.00 bits per heavy atom. The number of hydrogen-bond donors (Lipinski definition) is 2. The van der Waals surface area contributed by atoms with Crippen LogP contribution in [0.25, 0.3) is 0 Å². The molecule has 0 spiro atoms. The highest BCUT2D eigenvalue weighted by Crippen LogP contribution is 2.21. The van der Waals surface area contributed by atoms with Crippen LogP contribution in [0.2, 0.25) is 0 Å². The van der Waals surface area contributed by atoms with Crippen LogP contribution in [0, 0.1) is 18.6 Å². The van der Waals surface area contributed by atoms with Gasteiger partial charge < -0.3 is 15.6 Å². The smallest absolute Gasteiger partial charge is 0.150 e. The number of anilines is 1. The van der Waals surface area contributed by atoms with Gasteiger partial charge in [-0.05, 0) is 19.1 Å². The summed E-state index contributed by atoms with van der Waals surface area (Å²) in [5.74, 6) is -0.896. The molecule has 0 aliphatic carbocycles. The Morgan fingerprint density at radius 1 is 1.37 bits per heavy atom. The Bertz CT molecular complexity index is 604. The number of aromatic nitrogens is 1. The van der Waals surface area contributed by atoms with Gasteiger partial charge in [0.2, 0.25) is 0 Å². The van der Waals surface area contributed by atoms with Crippen LogP contribution in [-0.2, 0) is 6.54 Å². The average molecular weight is 283 g/mol. The number of nitrogens with one attached hydrogen (secondary N) is 1. The molecule has 7 heteroatoms. The van der Waals surface area contributed by atoms with Crippen LogP contribution in [0.4, 0.5) is 14.5 Å². The van der Waals surface area contributed by atoms with E-state index < -0.39 is 11.6 Å². The number of rotatable bonds is 4. The van der Waals surface area contributed by atoms with Crippen molar-refractivity contribution in [3.05, 3.63) is 46.9 Å². The Balaban J connectivity index is 2.18. The van der Waals surface area contributed by atoms with Crippen LogP contribution in [-0.4, -0.2) is 10.1 Å². The first-order valence-electron chi connectivity index (χ1n) is 5.42. The van der Waals surface area contributed by atoms with Crippen molar-refractivity contribution >= 4 is 22.9 Å². The van der Waals surface area contributed by atoms with Crippen LogP contribution in [0.15, 0.2) is 22.7 Å². The molecule has 2 rings (SSSR count). The fourth-order valence-corrected chi connectivity index (χ4v) is 1.68. The Hall–Kier alpha value is -2.02. The van der Waals surface area contributed by atoms with E-state index in [0.29, 0.717) is 11.5 Å². The summed E-state index contributed by atoms with van der Waals surface area (Å²) >= 11 is 4.67. The van der Waals surface area contributed by atoms with E-state index in [1.54, 1.807) is 13.0 Å². The van der Waals surface area contributed by atoms with E-state index in [4.69, 9.17) is 10.3 Å². The second kappa shape index (κ2) is 5.31. The van der Waals surface area contributed by atoms with Crippen LogP contribution in [0.5, 0.6) is 0 Å². The minimum Gasteiger partial charge on any atom is -0.389 e. The van der Waals surface area contributed by atoms with Gasteiger partial charge in [0.1, 0.15) is 33.8 Å². The summed E-state index contributed by atoms with van der Waals surface area (Å²) in [6.45, 7) is 1.88. The molecular formula is C12H11F2N3OS. The maximum atomic E-state index is 13.7. The normalized spacial score (nSPS) is 10.5. The second-order valence-electron chi connectivity index (χ2n) is 3.96. The zero-order chi connectivity index (χ0) is 14.0. The fraction of sp³-hybridized carbons (Fsp3) is 0.167. The Morgan fingerprint density at radius 3 is 2.47 bits per heavy atom. The minimum atomic E-state index is -0.761. The number of nitrogens with two attached hydrogens (primary N) is 1. The molecule has 0 saturated heterocycles. The van der Waals surface area contributed by atoms with E-state index in [-0.39, 0.29) is 22.8 Å². The first-order chi connectivity index (χ1) is 8.97. The minimum absolute atomic E-state index is 0.0588. The molecule has 100 valence electrons. The van der Waals surface area contributed by atoms with Gasteiger partial charge in [0, 0.05) is 11.6 Å². The summed E-state index contributed by atoms with van der Waals surface area (Å²) in [7, 11) is 0. The van der Waals surface area contributed by atoms with Gasteiger partial charge in [0.05, 0.1) is 6.54 Å². The second-order valence-corrected chi connectivity index (χ2v) is 4.40. The Kier molecular flexibility index (Phi) is 3.75. The highest BCUT2D eigenvalue weighted by molar-refractivity contribution is 7.80. The molecule has 0 aliphatic rings. The van der Waals surface area contributed by atoms with E-state index in [9.17, 15) is 8.78 Å². The van der Waals surface area contributed by atoms with Gasteiger partial charge in [-0.15, -0.1) is 0 Å². The zero-order valence-corrected chi connectivity index (χ0v) is 10.9. The van der Waals surface area contributed by atoms with Gasteiger partial charge in [0.25, 0.3) is 0 Å². The van der Waals surface area contributed by atoms with Crippen LogP contribution >= 0.6 is 12.2 Å². The van der Waals surface area contributed by atoms with Crippen LogP contribution < -0.4 is 11.1 Å². The Labute approximate surface area is 113 Å². The van der Waals surface area contributed by atoms with Crippen LogP contribution in [0.3, 0.4) is 0 Å². The van der Waals surface area contributed by atoms with E-state index in [1.807, 2.05) is 0 Å². The first-order valence-corrected chi connectivity index (χ1v) is 5.83. The fourth-order valence-electron chi connectivity index (χ4n) is 1.56. The van der Waals surface area contributed by atoms with Crippen molar-refractivity contribution in [2.45, 2.75) is 13.5 Å². The molecule has 4 nitrogen and oxygen atoms in total. The zero-order valence-electron chi connectivity index (χ0n) is 10.0. The van der Waals surface area contributed by atoms with Crippen molar-refractivity contribution in [1.82, 2.24) is 5.16 Å². The molecule has 0 amide bonds. The lowest BCUT2D eigenvalue weighted by Crippen LogP contribution is -2.12. The average Bonchev–Trinajstić information content (AvgIpc) is 2.73. The molecule has 3 N–H and O–H groups in total. The van der Waals surface area contributed by atoms with Gasteiger partial charge >= 0.3 is 0 Å². The number of thiocarbonyl (C=S) groups is 1. The molecule has 0 atom stereocenters. The molecule has 0 bridgehead atoms. The van der Waals surface area contributed by atoms with Gasteiger partial charge in [0.15, 0.2) is 0 Å². The monoisotopic (exact) mass is 283 g/mol. The lowest BCUT2D eigenvalue weighted by atomic mass is 10.2. The summed E-state index contributed by atoms with van der Waals surface area (Å²) in [5, 5.41) is 6.33. The van der Waals surface area contributed by atoms with Crippen molar-refractivity contribution < 1.29 is 13.3 Å². The molecule has 0 fully saturated rings. The summed E-state index contributed by atoms with van der Waals surface area (Å²) < 4.78 is 32.3. The number of halogens is 2. The van der Waals surface area contributed by atoms with Crippen molar-refractivity contribution in [3.63, 3.8) is 0 Å². The third-order valence-electron chi connectivity index (χ3n) is 2.45. The van der Waals surface area contributed by atoms with Gasteiger partial charge in [-0.3, -0.25) is 0 Å². The molecule has 1 heterocycles. The molecular weight excluding hydrogens is 272 g/mol. The molecule has 0 aliphatic heterocycles. The molecule has 19 heavy (non-hydrogen) atoms. The summed E-state index contributed by atoms with van der Waals surface area (Å²) in [5.41, 5.74) is 5.77. The molecule has 0 radical (unpaired) electrons. The molecule has 0 unspecified atom stereocenters. The molecule has 1 aromatic carbocycles. The van der Waals surface area contributed by atoms with Crippen molar-refractivity contribution in [3.8, 4) is 0 Å². The van der Waals surface area contributed by atoms with Crippen LogP contribution in [0.1, 0.15) is 17.0 Å². The van der Waals surface area contributed by atoms with Gasteiger partial charge in [-0.25, -0.2) is 8.78 Å². The topological polar surface area (TPSA) is 64.1 Å². The standard InChI is InChI=1S/C12H11F2N3OS/c1-6-2-8(17-18-6)5-16-11-9(13)3-7(12(15)19)4-10(11)14/h2-4,16H,5H2,1H3,(H2,15,19). The number of benzene rings is 1. The molecule has 0 saturated carbocycles. The first kappa shape index (κ1) is 13.4. The predicted octanol–water partition coefficient (Wildman–Crippen LogP) is 2.51. The summed E-state index contributed by atoms with van der Waals surface area (Å²) in [6, 6.07) is 3.84. The predicted molar refractivity (Wildman–Crippen MR) is 70.8 cm³/mol. The van der Waals surface area contributed by atoms with Crippen molar-refractivity contribution in [2.75, 3.05) is 5.32 Å². The van der Waals surface area contributed by atoms with Crippen molar-refractivity contribution in [2.24, 2.45) is 5.73 Å². The van der Waals surface area contributed by atoms with E-state index in [2.05, 4.69) is 22.7 Å². The SMILES string of the molecule is Cc1cc(CNc2c(F)cc(C(N)=S)cc2F)no1. The summed E-state index contributed by atoms with van der Waals surface area (Å²) in [4.78, 5) is -0.0588. The largest absolute Gasteiger partial charge is 0.389 e. The number of hydrogen-bond acceptors (Lipinski definition) is 4. The van der Waals surface area contributed by atoms with Crippen molar-refractivity contribution in [1.29, 1.82) is 0 Å². The van der Waals surface area contributed by atoms with E-state index >= 15 is 0 Å². The van der Waals surface area contributed by atoms with Gasteiger partial charge in [-0.1, -0.05) is 17.4 Å². The third-order valence-corrected chi connectivity index (χ3v) is 2.69. The molecule has 2 aromatic rings. The maximum Gasteiger partial charge on any atom is 0.150 e. The number of aryl methyl sites for hydroxylation is 1. The van der Waals surface area contributed by atoms with Gasteiger partial charge in [-0.2, -0.15) is 0 Å². The highest BCUT2D eigenvalue weighted by atomic mass is 32.1. The van der Waals surface area contributed by atoms with E-state index in [0.717, 1.165) is 12.1 Å².